The molecule has 1 aromatic carbocycles. The molecule has 1 saturated carbocycles. The lowest BCUT2D eigenvalue weighted by molar-refractivity contribution is 0.133. The van der Waals surface area contributed by atoms with Crippen LogP contribution in [0.3, 0.4) is 0 Å². The van der Waals surface area contributed by atoms with Gasteiger partial charge in [0.15, 0.2) is 5.43 Å². The van der Waals surface area contributed by atoms with E-state index >= 15 is 0 Å². The van der Waals surface area contributed by atoms with Crippen LogP contribution in [-0.4, -0.2) is 22.6 Å². The third-order valence-corrected chi connectivity index (χ3v) is 6.86. The van der Waals surface area contributed by atoms with Gasteiger partial charge in [-0.2, -0.15) is 0 Å². The van der Waals surface area contributed by atoms with Crippen LogP contribution in [0.2, 0.25) is 0 Å². The molecule has 1 fully saturated rings. The average Bonchev–Trinajstić information content (AvgIpc) is 2.80. The Balaban J connectivity index is 0.00000187. The van der Waals surface area contributed by atoms with Crippen LogP contribution < -0.4 is 16.5 Å². The van der Waals surface area contributed by atoms with E-state index in [1.54, 1.807) is 6.07 Å². The predicted octanol–water partition coefficient (Wildman–Crippen LogP) is 6.69. The number of nitrogen functional groups attached to an aromatic ring is 1. The summed E-state index contributed by atoms with van der Waals surface area (Å²) in [4.78, 5) is 14.9. The van der Waals surface area contributed by atoms with E-state index in [2.05, 4.69) is 35.2 Å². The van der Waals surface area contributed by atoms with Gasteiger partial charge in [0, 0.05) is 42.3 Å². The zero-order valence-electron chi connectivity index (χ0n) is 21.6. The van der Waals surface area contributed by atoms with Crippen molar-refractivity contribution in [3.05, 3.63) is 58.7 Å². The Kier molecular flexibility index (Phi) is 9.63. The Morgan fingerprint density at radius 2 is 1.97 bits per heavy atom. The van der Waals surface area contributed by atoms with Gasteiger partial charge in [0.1, 0.15) is 0 Å². The summed E-state index contributed by atoms with van der Waals surface area (Å²) in [5, 5.41) is 4.30. The number of aryl methyl sites for hydroxylation is 1. The molecular weight excluding hydrogens is 408 g/mol. The molecule has 0 radical (unpaired) electrons. The molecule has 0 spiro atoms. The maximum atomic E-state index is 12.9. The fourth-order valence-corrected chi connectivity index (χ4v) is 5.10. The van der Waals surface area contributed by atoms with Crippen LogP contribution in [0.5, 0.6) is 0 Å². The van der Waals surface area contributed by atoms with Crippen LogP contribution >= 0.6 is 0 Å². The summed E-state index contributed by atoms with van der Waals surface area (Å²) in [5.74, 6) is 0. The molecule has 0 aliphatic heterocycles. The molecule has 3 rings (SSSR count). The third-order valence-electron chi connectivity index (χ3n) is 6.86. The molecule has 182 valence electrons. The number of benzene rings is 1. The highest BCUT2D eigenvalue weighted by Crippen LogP contribution is 2.46. The number of anilines is 2. The third kappa shape index (κ3) is 5.29. The minimum atomic E-state index is 0.0143. The monoisotopic (exact) mass is 452 g/mol. The van der Waals surface area contributed by atoms with Gasteiger partial charge in [0.2, 0.25) is 0 Å². The van der Waals surface area contributed by atoms with E-state index in [0.29, 0.717) is 11.1 Å². The van der Waals surface area contributed by atoms with Gasteiger partial charge in [-0.1, -0.05) is 39.8 Å². The lowest BCUT2D eigenvalue weighted by Gasteiger charge is -2.45. The number of nitrogens with zero attached hydrogens (tertiary/aromatic N) is 2. The average molecular weight is 453 g/mol. The van der Waals surface area contributed by atoms with E-state index in [9.17, 15) is 4.79 Å². The summed E-state index contributed by atoms with van der Waals surface area (Å²) in [6.07, 6.45) is 14.7. The number of aromatic nitrogens is 1. The SMILES string of the molecule is C=CN(/C=C\C)CCCNc1c(C)c(N)c2c(=O)ccn(C3(CCC)CCC3)c2c1C.CC. The van der Waals surface area contributed by atoms with E-state index in [4.69, 9.17) is 5.73 Å². The van der Waals surface area contributed by atoms with Crippen molar-refractivity contribution in [1.82, 2.24) is 9.47 Å². The molecule has 2 aromatic rings. The minimum absolute atomic E-state index is 0.0143. The van der Waals surface area contributed by atoms with Gasteiger partial charge in [-0.25, -0.2) is 0 Å². The first kappa shape index (κ1) is 26.6. The Morgan fingerprint density at radius 3 is 2.52 bits per heavy atom. The second-order valence-electron chi connectivity index (χ2n) is 8.82. The van der Waals surface area contributed by atoms with Crippen molar-refractivity contribution in [1.29, 1.82) is 0 Å². The standard InChI is InChI=1S/C26H38N4O.C2H6/c1-6-12-26(13-9-14-26)30-18-11-21(31)22-23(27)19(4)24(20(5)25(22)30)28-15-10-17-29(8-3)16-7-2;1-2/h7-8,11,16,18,28H,3,6,9-10,12-15,17,27H2,1-2,4-5H3;1-2H3/b16-7-;. The van der Waals surface area contributed by atoms with Crippen molar-refractivity contribution in [2.45, 2.75) is 85.6 Å². The first-order chi connectivity index (χ1) is 15.9. The highest BCUT2D eigenvalue weighted by Gasteiger charge is 2.38. The molecule has 0 bridgehead atoms. The zero-order valence-corrected chi connectivity index (χ0v) is 21.6. The number of nitrogens with one attached hydrogen (secondary N) is 1. The molecule has 1 heterocycles. The van der Waals surface area contributed by atoms with Gasteiger partial charge >= 0.3 is 0 Å². The van der Waals surface area contributed by atoms with Gasteiger partial charge in [0.05, 0.1) is 10.9 Å². The lowest BCUT2D eigenvalue weighted by Crippen LogP contribution is -2.41. The summed E-state index contributed by atoms with van der Waals surface area (Å²) >= 11 is 0. The molecule has 5 heteroatoms. The maximum absolute atomic E-state index is 12.9. The number of nitrogens with two attached hydrogens (primary N) is 1. The Hall–Kier alpha value is -2.69. The fraction of sp³-hybridized carbons (Fsp3) is 0.536. The number of rotatable bonds is 10. The molecule has 0 saturated heterocycles. The summed E-state index contributed by atoms with van der Waals surface area (Å²) in [7, 11) is 0. The second kappa shape index (κ2) is 12.0. The smallest absolute Gasteiger partial charge is 0.191 e. The highest BCUT2D eigenvalue weighted by atomic mass is 16.1. The van der Waals surface area contributed by atoms with Crippen molar-refractivity contribution in [3.8, 4) is 0 Å². The number of hydrogen-bond donors (Lipinski definition) is 2. The molecule has 0 unspecified atom stereocenters. The van der Waals surface area contributed by atoms with Gasteiger partial charge in [-0.15, -0.1) is 0 Å². The zero-order chi connectivity index (χ0) is 24.6. The van der Waals surface area contributed by atoms with E-state index < -0.39 is 0 Å². The molecule has 0 amide bonds. The van der Waals surface area contributed by atoms with Crippen molar-refractivity contribution in [2.75, 3.05) is 24.1 Å². The molecule has 3 N–H and O–H groups in total. The van der Waals surface area contributed by atoms with Gasteiger partial charge in [0.25, 0.3) is 0 Å². The summed E-state index contributed by atoms with van der Waals surface area (Å²) < 4.78 is 2.37. The maximum Gasteiger partial charge on any atom is 0.191 e. The molecule has 0 atom stereocenters. The van der Waals surface area contributed by atoms with Crippen LogP contribution in [0.4, 0.5) is 11.4 Å². The van der Waals surface area contributed by atoms with Gasteiger partial charge in [-0.3, -0.25) is 4.79 Å². The van der Waals surface area contributed by atoms with Crippen LogP contribution in [0.15, 0.2) is 42.1 Å². The van der Waals surface area contributed by atoms with Crippen molar-refractivity contribution in [3.63, 3.8) is 0 Å². The van der Waals surface area contributed by atoms with Gasteiger partial charge < -0.3 is 20.5 Å². The second-order valence-corrected chi connectivity index (χ2v) is 8.82. The van der Waals surface area contributed by atoms with Crippen LogP contribution in [0, 0.1) is 13.8 Å². The van der Waals surface area contributed by atoms with Crippen LogP contribution in [0.1, 0.15) is 77.3 Å². The van der Waals surface area contributed by atoms with E-state index in [1.165, 1.54) is 6.42 Å². The molecule has 5 nitrogen and oxygen atoms in total. The quantitative estimate of drug-likeness (QED) is 0.311. The molecule has 1 aliphatic carbocycles. The number of fused-ring (bicyclic) bond motifs is 1. The van der Waals surface area contributed by atoms with E-state index in [-0.39, 0.29) is 11.0 Å². The molecule has 33 heavy (non-hydrogen) atoms. The topological polar surface area (TPSA) is 63.3 Å². The first-order valence-electron chi connectivity index (χ1n) is 12.6. The van der Waals surface area contributed by atoms with Crippen molar-refractivity contribution >= 4 is 22.3 Å². The number of pyridine rings is 1. The highest BCUT2D eigenvalue weighted by molar-refractivity contribution is 5.99. The van der Waals surface area contributed by atoms with E-state index in [0.717, 1.165) is 67.5 Å². The molecular formula is C28H44N4O. The van der Waals surface area contributed by atoms with Crippen LogP contribution in [-0.2, 0) is 5.54 Å². The lowest BCUT2D eigenvalue weighted by atomic mass is 9.73. The van der Waals surface area contributed by atoms with Crippen molar-refractivity contribution < 1.29 is 0 Å². The predicted molar refractivity (Wildman–Crippen MR) is 145 cm³/mol. The number of allylic oxidation sites excluding steroid dienone is 1. The van der Waals surface area contributed by atoms with Gasteiger partial charge in [-0.05, 0) is 76.4 Å². The summed E-state index contributed by atoms with van der Waals surface area (Å²) in [5.41, 5.74) is 11.5. The Labute approximate surface area is 200 Å². The van der Waals surface area contributed by atoms with Crippen LogP contribution in [0.25, 0.3) is 10.9 Å². The molecule has 1 aromatic heterocycles. The fourth-order valence-electron chi connectivity index (χ4n) is 5.10. The largest absolute Gasteiger partial charge is 0.398 e. The van der Waals surface area contributed by atoms with E-state index in [1.807, 2.05) is 52.4 Å². The van der Waals surface area contributed by atoms with Crippen molar-refractivity contribution in [2.24, 2.45) is 0 Å². The first-order valence-corrected chi connectivity index (χ1v) is 12.6. The normalized spacial score (nSPS) is 14.5. The summed E-state index contributed by atoms with van der Waals surface area (Å²) in [6.45, 7) is 18.0. The molecule has 1 aliphatic rings. The minimum Gasteiger partial charge on any atom is -0.398 e. The number of hydrogen-bond acceptors (Lipinski definition) is 4. The Morgan fingerprint density at radius 1 is 1.27 bits per heavy atom. The summed E-state index contributed by atoms with van der Waals surface area (Å²) in [6, 6.07) is 1.70. The Bertz CT molecular complexity index is 1030.